The van der Waals surface area contributed by atoms with Gasteiger partial charge in [0.15, 0.2) is 5.88 Å². The van der Waals surface area contributed by atoms with Crippen molar-refractivity contribution in [1.82, 2.24) is 14.8 Å². The number of ether oxygens (including phenoxy) is 1. The molecule has 0 fully saturated rings. The molecule has 0 saturated heterocycles. The van der Waals surface area contributed by atoms with Crippen molar-refractivity contribution in [2.75, 3.05) is 26.7 Å². The summed E-state index contributed by atoms with van der Waals surface area (Å²) in [5.74, 6) is -0.324. The number of benzene rings is 3. The zero-order chi connectivity index (χ0) is 28.2. The fourth-order valence-electron chi connectivity index (χ4n) is 4.89. The van der Waals surface area contributed by atoms with Crippen LogP contribution in [0.4, 0.5) is 5.69 Å². The van der Waals surface area contributed by atoms with Gasteiger partial charge in [-0.25, -0.2) is 9.79 Å². The minimum absolute atomic E-state index is 0.0327. The van der Waals surface area contributed by atoms with Crippen LogP contribution in [0, 0.1) is 0 Å². The number of aromatic hydroxyl groups is 1. The van der Waals surface area contributed by atoms with E-state index >= 15 is 0 Å². The van der Waals surface area contributed by atoms with Gasteiger partial charge in [-0.05, 0) is 55.4 Å². The fourth-order valence-corrected chi connectivity index (χ4v) is 4.89. The zero-order valence-electron chi connectivity index (χ0n) is 23.1. The van der Waals surface area contributed by atoms with E-state index < -0.39 is 5.97 Å². The highest BCUT2D eigenvalue weighted by Gasteiger charge is 2.25. The van der Waals surface area contributed by atoms with Gasteiger partial charge in [-0.1, -0.05) is 56.3 Å². The van der Waals surface area contributed by atoms with Crippen molar-refractivity contribution in [3.63, 3.8) is 0 Å². The molecule has 0 radical (unpaired) electrons. The maximum Gasteiger partial charge on any atom is 0.338 e. The van der Waals surface area contributed by atoms with Gasteiger partial charge >= 0.3 is 5.97 Å². The van der Waals surface area contributed by atoms with Crippen molar-refractivity contribution in [3.8, 4) is 5.88 Å². The maximum absolute atomic E-state index is 12.8. The molecule has 0 spiro atoms. The molecule has 1 aliphatic heterocycles. The number of nitrogens with one attached hydrogen (secondary N) is 1. The van der Waals surface area contributed by atoms with Crippen LogP contribution in [0.5, 0.6) is 5.88 Å². The second-order valence-electron chi connectivity index (χ2n) is 10.1. The second kappa shape index (κ2) is 11.8. The second-order valence-corrected chi connectivity index (χ2v) is 10.1. The Morgan fingerprint density at radius 2 is 1.77 bits per heavy atom. The Kier molecular flexibility index (Phi) is 7.98. The first-order chi connectivity index (χ1) is 19.4. The number of aromatic nitrogens is 1. The topological polar surface area (TPSA) is 98.2 Å². The SMILES string of the molecule is CCCOC(=O)c1ccc2c(C(=Nc3ccc4c(c3)CN(C(=O)CN(C)CC)C4)c3ccccc3)c(O)[nH]c2c1. The normalized spacial score (nSPS) is 13.2. The largest absolute Gasteiger partial charge is 0.494 e. The third-order valence-corrected chi connectivity index (χ3v) is 7.19. The number of aromatic amines is 1. The van der Waals surface area contributed by atoms with Gasteiger partial charge in [0.1, 0.15) is 0 Å². The van der Waals surface area contributed by atoms with Crippen LogP contribution in [-0.4, -0.2) is 64.2 Å². The Balaban J connectivity index is 1.51. The van der Waals surface area contributed by atoms with Crippen molar-refractivity contribution >= 4 is 34.2 Å². The van der Waals surface area contributed by atoms with Gasteiger partial charge < -0.3 is 19.7 Å². The Labute approximate surface area is 233 Å². The summed E-state index contributed by atoms with van der Waals surface area (Å²) in [6.45, 7) is 6.68. The Bertz CT molecular complexity index is 1570. The monoisotopic (exact) mass is 538 g/mol. The van der Waals surface area contributed by atoms with E-state index in [1.165, 1.54) is 0 Å². The molecule has 1 aromatic heterocycles. The average molecular weight is 539 g/mol. The van der Waals surface area contributed by atoms with E-state index in [4.69, 9.17) is 9.73 Å². The maximum atomic E-state index is 12.8. The molecule has 0 saturated carbocycles. The quantitative estimate of drug-likeness (QED) is 0.220. The van der Waals surface area contributed by atoms with Crippen LogP contribution in [0.15, 0.2) is 71.7 Å². The summed E-state index contributed by atoms with van der Waals surface area (Å²) in [4.78, 5) is 37.1. The number of hydrogen-bond donors (Lipinski definition) is 2. The summed E-state index contributed by atoms with van der Waals surface area (Å²) in [5, 5.41) is 11.8. The predicted molar refractivity (Wildman–Crippen MR) is 156 cm³/mol. The molecule has 8 nitrogen and oxygen atoms in total. The van der Waals surface area contributed by atoms with Crippen molar-refractivity contribution in [2.45, 2.75) is 33.4 Å². The standard InChI is InChI=1S/C32H34N4O4/c1-4-15-40-32(39)22-12-14-26-27(17-22)34-31(38)29(26)30(21-9-7-6-8-10-21)33-25-13-11-23-18-36(19-24(23)16-25)28(37)20-35(3)5-2/h6-14,16-17,34,38H,4-5,15,18-20H2,1-3H3. The van der Waals surface area contributed by atoms with Crippen LogP contribution in [0.25, 0.3) is 10.9 Å². The number of carbonyl (C=O) groups excluding carboxylic acids is 2. The Morgan fingerprint density at radius 3 is 2.52 bits per heavy atom. The number of esters is 1. The lowest BCUT2D eigenvalue weighted by molar-refractivity contribution is -0.132. The minimum atomic E-state index is -0.400. The average Bonchev–Trinajstić information content (AvgIpc) is 3.54. The highest BCUT2D eigenvalue weighted by Crippen LogP contribution is 2.33. The van der Waals surface area contributed by atoms with Crippen LogP contribution in [0.2, 0.25) is 0 Å². The number of likely N-dealkylation sites (N-methyl/N-ethyl adjacent to an activating group) is 1. The molecule has 8 heteroatoms. The molecule has 0 bridgehead atoms. The first kappa shape index (κ1) is 27.1. The summed E-state index contributed by atoms with van der Waals surface area (Å²) >= 11 is 0. The van der Waals surface area contributed by atoms with E-state index in [2.05, 4.69) is 4.98 Å². The molecule has 1 aliphatic rings. The summed E-state index contributed by atoms with van der Waals surface area (Å²) < 4.78 is 5.28. The predicted octanol–water partition coefficient (Wildman–Crippen LogP) is 5.40. The lowest BCUT2D eigenvalue weighted by Crippen LogP contribution is -2.35. The molecule has 0 unspecified atom stereocenters. The number of H-pyrrole nitrogens is 1. The third kappa shape index (κ3) is 5.62. The van der Waals surface area contributed by atoms with Crippen molar-refractivity contribution in [3.05, 3.63) is 94.5 Å². The van der Waals surface area contributed by atoms with Crippen LogP contribution in [0.1, 0.15) is 52.9 Å². The van der Waals surface area contributed by atoms with E-state index in [1.54, 1.807) is 18.2 Å². The molecule has 2 heterocycles. The molecule has 2 N–H and O–H groups in total. The first-order valence-corrected chi connectivity index (χ1v) is 13.6. The van der Waals surface area contributed by atoms with E-state index in [-0.39, 0.29) is 11.8 Å². The van der Waals surface area contributed by atoms with Gasteiger partial charge in [-0.15, -0.1) is 0 Å². The molecule has 5 rings (SSSR count). The van der Waals surface area contributed by atoms with E-state index in [0.29, 0.717) is 48.6 Å². The molecule has 0 atom stereocenters. The highest BCUT2D eigenvalue weighted by molar-refractivity contribution is 6.22. The van der Waals surface area contributed by atoms with Crippen LogP contribution < -0.4 is 0 Å². The summed E-state index contributed by atoms with van der Waals surface area (Å²) in [5.41, 5.74) is 5.92. The van der Waals surface area contributed by atoms with Gasteiger partial charge in [0.25, 0.3) is 0 Å². The molecular weight excluding hydrogens is 504 g/mol. The van der Waals surface area contributed by atoms with E-state index in [9.17, 15) is 14.7 Å². The number of nitrogens with zero attached hydrogens (tertiary/aromatic N) is 3. The van der Waals surface area contributed by atoms with Crippen LogP contribution in [-0.2, 0) is 22.6 Å². The van der Waals surface area contributed by atoms with E-state index in [1.807, 2.05) is 79.2 Å². The van der Waals surface area contributed by atoms with E-state index in [0.717, 1.165) is 40.7 Å². The molecule has 0 aliphatic carbocycles. The fraction of sp³-hybridized carbons (Fsp3) is 0.281. The van der Waals surface area contributed by atoms with Gasteiger partial charge in [-0.3, -0.25) is 9.69 Å². The molecule has 40 heavy (non-hydrogen) atoms. The molecule has 4 aromatic rings. The van der Waals surface area contributed by atoms with Crippen molar-refractivity contribution in [1.29, 1.82) is 0 Å². The third-order valence-electron chi connectivity index (χ3n) is 7.19. The highest BCUT2D eigenvalue weighted by atomic mass is 16.5. The zero-order valence-corrected chi connectivity index (χ0v) is 23.1. The molecular formula is C32H34N4O4. The Morgan fingerprint density at radius 1 is 1.00 bits per heavy atom. The van der Waals surface area contributed by atoms with Crippen molar-refractivity contribution in [2.24, 2.45) is 4.99 Å². The minimum Gasteiger partial charge on any atom is -0.494 e. The number of fused-ring (bicyclic) bond motifs is 2. The molecule has 206 valence electrons. The molecule has 1 amide bonds. The number of aliphatic imine (C=N–C) groups is 1. The van der Waals surface area contributed by atoms with Crippen LogP contribution >= 0.6 is 0 Å². The van der Waals surface area contributed by atoms with Gasteiger partial charge in [0.05, 0.1) is 35.7 Å². The smallest absolute Gasteiger partial charge is 0.338 e. The lowest BCUT2D eigenvalue weighted by Gasteiger charge is -2.19. The summed E-state index contributed by atoms with van der Waals surface area (Å²) in [6.07, 6.45) is 0.742. The van der Waals surface area contributed by atoms with Gasteiger partial charge in [0, 0.05) is 29.6 Å². The van der Waals surface area contributed by atoms with Crippen molar-refractivity contribution < 1.29 is 19.4 Å². The number of carbonyl (C=O) groups is 2. The van der Waals surface area contributed by atoms with Crippen LogP contribution in [0.3, 0.4) is 0 Å². The first-order valence-electron chi connectivity index (χ1n) is 13.6. The lowest BCUT2D eigenvalue weighted by atomic mass is 10.00. The molecule has 3 aromatic carbocycles. The Hall–Kier alpha value is -4.43. The number of amides is 1. The van der Waals surface area contributed by atoms with Gasteiger partial charge in [0.2, 0.25) is 5.91 Å². The summed E-state index contributed by atoms with van der Waals surface area (Å²) in [6, 6.07) is 20.9. The summed E-state index contributed by atoms with van der Waals surface area (Å²) in [7, 11) is 1.94. The van der Waals surface area contributed by atoms with Gasteiger partial charge in [-0.2, -0.15) is 0 Å². The number of hydrogen-bond acceptors (Lipinski definition) is 6. The number of rotatable bonds is 9.